The van der Waals surface area contributed by atoms with Gasteiger partial charge in [0.2, 0.25) is 4.96 Å². The molecule has 1 N–H and O–H groups in total. The number of nitrogens with one attached hydrogen (secondary N) is 1. The van der Waals surface area contributed by atoms with Crippen LogP contribution >= 0.6 is 11.3 Å². The molecule has 0 saturated carbocycles. The standard InChI is InChI=1S/C10H12N4O2S/c1-6-5-17-10-12-9(13-14(6)10)11-8(15)7-3-2-4-16-7/h5,7H,2-4H2,1H3,(H,11,13,15). The third kappa shape index (κ3) is 1.91. The Labute approximate surface area is 102 Å². The molecule has 0 bridgehead atoms. The largest absolute Gasteiger partial charge is 0.368 e. The van der Waals surface area contributed by atoms with E-state index in [1.165, 1.54) is 11.3 Å². The van der Waals surface area contributed by atoms with Crippen molar-refractivity contribution < 1.29 is 9.53 Å². The van der Waals surface area contributed by atoms with Crippen molar-refractivity contribution in [2.75, 3.05) is 11.9 Å². The van der Waals surface area contributed by atoms with Crippen LogP contribution in [0.15, 0.2) is 5.38 Å². The Kier molecular flexibility index (Phi) is 2.56. The summed E-state index contributed by atoms with van der Waals surface area (Å²) >= 11 is 1.50. The maximum absolute atomic E-state index is 11.8. The molecule has 0 radical (unpaired) electrons. The molecule has 3 heterocycles. The van der Waals surface area contributed by atoms with Crippen molar-refractivity contribution in [1.29, 1.82) is 0 Å². The molecular weight excluding hydrogens is 240 g/mol. The molecule has 1 aliphatic rings. The van der Waals surface area contributed by atoms with Gasteiger partial charge in [0.1, 0.15) is 6.10 Å². The first-order chi connectivity index (χ1) is 8.24. The van der Waals surface area contributed by atoms with Gasteiger partial charge in [0, 0.05) is 12.0 Å². The fourth-order valence-electron chi connectivity index (χ4n) is 1.82. The number of amides is 1. The second-order valence-corrected chi connectivity index (χ2v) is 4.83. The van der Waals surface area contributed by atoms with Gasteiger partial charge < -0.3 is 4.74 Å². The zero-order valence-corrected chi connectivity index (χ0v) is 10.2. The number of hydrogen-bond donors (Lipinski definition) is 1. The number of aryl methyl sites for hydroxylation is 1. The summed E-state index contributed by atoms with van der Waals surface area (Å²) in [6.07, 6.45) is 1.35. The van der Waals surface area contributed by atoms with E-state index in [-0.39, 0.29) is 12.0 Å². The van der Waals surface area contributed by atoms with Crippen LogP contribution in [0.3, 0.4) is 0 Å². The lowest BCUT2D eigenvalue weighted by Gasteiger charge is -2.06. The molecule has 17 heavy (non-hydrogen) atoms. The first-order valence-corrected chi connectivity index (χ1v) is 6.35. The molecule has 0 aliphatic carbocycles. The number of hydrogen-bond acceptors (Lipinski definition) is 5. The predicted octanol–water partition coefficient (Wildman–Crippen LogP) is 1.22. The van der Waals surface area contributed by atoms with Gasteiger partial charge >= 0.3 is 0 Å². The van der Waals surface area contributed by atoms with Gasteiger partial charge in [-0.3, -0.25) is 10.1 Å². The van der Waals surface area contributed by atoms with Crippen molar-refractivity contribution in [2.45, 2.75) is 25.9 Å². The highest BCUT2D eigenvalue weighted by atomic mass is 32.1. The molecule has 1 saturated heterocycles. The van der Waals surface area contributed by atoms with Gasteiger partial charge in [-0.2, -0.15) is 4.98 Å². The molecule has 0 spiro atoms. The smallest absolute Gasteiger partial charge is 0.255 e. The molecule has 7 heteroatoms. The fraction of sp³-hybridized carbons (Fsp3) is 0.500. The highest BCUT2D eigenvalue weighted by Gasteiger charge is 2.24. The summed E-state index contributed by atoms with van der Waals surface area (Å²) in [5.74, 6) is 0.193. The van der Waals surface area contributed by atoms with Crippen LogP contribution in [0.1, 0.15) is 18.5 Å². The number of rotatable bonds is 2. The summed E-state index contributed by atoms with van der Waals surface area (Å²) in [5, 5.41) is 8.87. The predicted molar refractivity (Wildman–Crippen MR) is 63.2 cm³/mol. The van der Waals surface area contributed by atoms with E-state index in [0.717, 1.165) is 23.5 Å². The average Bonchev–Trinajstić information content (AvgIpc) is 2.97. The molecule has 6 nitrogen and oxygen atoms in total. The monoisotopic (exact) mass is 252 g/mol. The fourth-order valence-corrected chi connectivity index (χ4v) is 2.62. The zero-order chi connectivity index (χ0) is 11.8. The Hall–Kier alpha value is -1.47. The SMILES string of the molecule is Cc1csc2nc(NC(=O)C3CCCO3)nn12. The van der Waals surface area contributed by atoms with Crippen molar-refractivity contribution in [1.82, 2.24) is 14.6 Å². The second-order valence-electron chi connectivity index (χ2n) is 4.00. The van der Waals surface area contributed by atoms with Gasteiger partial charge in [0.15, 0.2) is 0 Å². The Balaban J connectivity index is 1.77. The summed E-state index contributed by atoms with van der Waals surface area (Å²) in [5.41, 5.74) is 1.01. The normalized spacial score (nSPS) is 19.9. The van der Waals surface area contributed by atoms with Crippen LogP contribution < -0.4 is 5.32 Å². The summed E-state index contributed by atoms with van der Waals surface area (Å²) in [7, 11) is 0. The minimum atomic E-state index is -0.349. The van der Waals surface area contributed by atoms with E-state index in [4.69, 9.17) is 4.74 Å². The summed E-state index contributed by atoms with van der Waals surface area (Å²) < 4.78 is 7.01. The van der Waals surface area contributed by atoms with Crippen LogP contribution in [-0.4, -0.2) is 33.2 Å². The van der Waals surface area contributed by atoms with E-state index in [9.17, 15) is 4.79 Å². The number of nitrogens with zero attached hydrogens (tertiary/aromatic N) is 3. The van der Waals surface area contributed by atoms with Gasteiger partial charge in [-0.25, -0.2) is 4.52 Å². The molecule has 90 valence electrons. The maximum atomic E-state index is 11.8. The number of thiazole rings is 1. The van der Waals surface area contributed by atoms with Crippen molar-refractivity contribution in [3.63, 3.8) is 0 Å². The first-order valence-electron chi connectivity index (χ1n) is 5.47. The van der Waals surface area contributed by atoms with Gasteiger partial charge in [0.25, 0.3) is 11.9 Å². The van der Waals surface area contributed by atoms with Gasteiger partial charge in [0.05, 0.1) is 5.69 Å². The maximum Gasteiger partial charge on any atom is 0.255 e. The first kappa shape index (κ1) is 10.7. The van der Waals surface area contributed by atoms with Crippen LogP contribution in [-0.2, 0) is 9.53 Å². The molecule has 1 aliphatic heterocycles. The van der Waals surface area contributed by atoms with E-state index in [1.807, 2.05) is 12.3 Å². The lowest BCUT2D eigenvalue weighted by Crippen LogP contribution is -2.27. The van der Waals surface area contributed by atoms with Gasteiger partial charge in [-0.05, 0) is 19.8 Å². The second kappa shape index (κ2) is 4.08. The van der Waals surface area contributed by atoms with Crippen molar-refractivity contribution in [2.24, 2.45) is 0 Å². The van der Waals surface area contributed by atoms with E-state index in [0.29, 0.717) is 12.6 Å². The number of anilines is 1. The minimum absolute atomic E-state index is 0.154. The summed E-state index contributed by atoms with van der Waals surface area (Å²) in [6.45, 7) is 2.60. The van der Waals surface area contributed by atoms with Crippen LogP contribution in [0, 0.1) is 6.92 Å². The molecule has 2 aromatic heterocycles. The van der Waals surface area contributed by atoms with Crippen molar-refractivity contribution in [3.05, 3.63) is 11.1 Å². The third-order valence-electron chi connectivity index (χ3n) is 2.70. The number of carbonyl (C=O) groups is 1. The van der Waals surface area contributed by atoms with Crippen LogP contribution in [0.5, 0.6) is 0 Å². The van der Waals surface area contributed by atoms with E-state index >= 15 is 0 Å². The lowest BCUT2D eigenvalue weighted by molar-refractivity contribution is -0.124. The third-order valence-corrected chi connectivity index (χ3v) is 3.64. The van der Waals surface area contributed by atoms with Crippen molar-refractivity contribution >= 4 is 28.2 Å². The number of aromatic nitrogens is 3. The molecule has 2 aromatic rings. The lowest BCUT2D eigenvalue weighted by atomic mass is 10.2. The topological polar surface area (TPSA) is 68.5 Å². The summed E-state index contributed by atoms with van der Waals surface area (Å²) in [6, 6.07) is 0. The number of carbonyl (C=O) groups excluding carboxylic acids is 1. The average molecular weight is 252 g/mol. The number of ether oxygens (including phenoxy) is 1. The van der Waals surface area contributed by atoms with Crippen LogP contribution in [0.2, 0.25) is 0 Å². The minimum Gasteiger partial charge on any atom is -0.368 e. The Morgan fingerprint density at radius 3 is 3.29 bits per heavy atom. The molecular formula is C10H12N4O2S. The Bertz CT molecular complexity index is 556. The zero-order valence-electron chi connectivity index (χ0n) is 9.34. The Morgan fingerprint density at radius 1 is 1.71 bits per heavy atom. The van der Waals surface area contributed by atoms with E-state index in [1.54, 1.807) is 4.52 Å². The van der Waals surface area contributed by atoms with Crippen molar-refractivity contribution in [3.8, 4) is 0 Å². The van der Waals surface area contributed by atoms with Gasteiger partial charge in [-0.15, -0.1) is 16.4 Å². The highest BCUT2D eigenvalue weighted by molar-refractivity contribution is 7.15. The molecule has 1 fully saturated rings. The number of fused-ring (bicyclic) bond motifs is 1. The highest BCUT2D eigenvalue weighted by Crippen LogP contribution is 2.17. The molecule has 1 unspecified atom stereocenters. The van der Waals surface area contributed by atoms with Crippen LogP contribution in [0.4, 0.5) is 5.95 Å². The quantitative estimate of drug-likeness (QED) is 0.872. The van der Waals surface area contributed by atoms with E-state index in [2.05, 4.69) is 15.4 Å². The molecule has 0 aromatic carbocycles. The Morgan fingerprint density at radius 2 is 2.59 bits per heavy atom. The van der Waals surface area contributed by atoms with E-state index < -0.39 is 0 Å². The summed E-state index contributed by atoms with van der Waals surface area (Å²) in [4.78, 5) is 16.8. The molecule has 3 rings (SSSR count). The van der Waals surface area contributed by atoms with Gasteiger partial charge in [-0.1, -0.05) is 0 Å². The molecule has 1 atom stereocenters. The van der Waals surface area contributed by atoms with Crippen LogP contribution in [0.25, 0.3) is 4.96 Å². The molecule has 1 amide bonds.